The number of amides is 1. The van der Waals surface area contributed by atoms with E-state index in [4.69, 9.17) is 4.74 Å². The lowest BCUT2D eigenvalue weighted by atomic mass is 10.1. The highest BCUT2D eigenvalue weighted by molar-refractivity contribution is 5.95. The Labute approximate surface area is 181 Å². The number of rotatable bonds is 6. The molecular weight excluding hydrogens is 421 g/mol. The second kappa shape index (κ2) is 8.70. The lowest BCUT2D eigenvalue weighted by molar-refractivity contribution is -0.137. The molecule has 0 aliphatic rings. The minimum Gasteiger partial charge on any atom is -0.497 e. The minimum atomic E-state index is -4.63. The predicted molar refractivity (Wildman–Crippen MR) is 112 cm³/mol. The van der Waals surface area contributed by atoms with E-state index in [-0.39, 0.29) is 6.54 Å². The minimum absolute atomic E-state index is 0.0641. The van der Waals surface area contributed by atoms with Gasteiger partial charge in [0.25, 0.3) is 5.91 Å². The third-order valence-electron chi connectivity index (χ3n) is 4.94. The van der Waals surface area contributed by atoms with Crippen LogP contribution >= 0.6 is 0 Å². The van der Waals surface area contributed by atoms with E-state index < -0.39 is 23.2 Å². The molecule has 4 rings (SSSR count). The zero-order valence-electron chi connectivity index (χ0n) is 17.1. The Morgan fingerprint density at radius 3 is 2.69 bits per heavy atom. The van der Waals surface area contributed by atoms with Crippen LogP contribution in [0.15, 0.2) is 66.9 Å². The maximum absolute atomic E-state index is 13.3. The summed E-state index contributed by atoms with van der Waals surface area (Å²) in [5.41, 5.74) is 0.729. The van der Waals surface area contributed by atoms with Crippen molar-refractivity contribution in [1.82, 2.24) is 19.9 Å². The summed E-state index contributed by atoms with van der Waals surface area (Å²) in [5, 5.41) is 2.56. The molecule has 4 aromatic rings. The molecular formula is C23H19F3N4O2. The van der Waals surface area contributed by atoms with Crippen LogP contribution in [-0.2, 0) is 19.3 Å². The number of methoxy groups -OCH3 is 1. The van der Waals surface area contributed by atoms with E-state index in [1.807, 2.05) is 28.8 Å². The molecule has 1 amide bonds. The highest BCUT2D eigenvalue weighted by Crippen LogP contribution is 2.31. The average Bonchev–Trinajstić information content (AvgIpc) is 3.14. The Kier molecular flexibility index (Phi) is 5.81. The molecule has 0 atom stereocenters. The SMILES string of the molecule is COc1cccc(Cn2c(CNC(=O)c3ccccc3C(F)(F)F)nc3cccnc32)c1. The summed E-state index contributed by atoms with van der Waals surface area (Å²) in [6.45, 7) is 0.334. The van der Waals surface area contributed by atoms with Crippen molar-refractivity contribution in [2.24, 2.45) is 0 Å². The number of benzene rings is 2. The molecule has 0 unspecified atom stereocenters. The van der Waals surface area contributed by atoms with E-state index in [0.717, 1.165) is 17.7 Å². The van der Waals surface area contributed by atoms with Crippen LogP contribution < -0.4 is 10.1 Å². The number of hydrogen-bond donors (Lipinski definition) is 1. The molecule has 2 heterocycles. The molecule has 1 N–H and O–H groups in total. The number of halogens is 3. The number of imidazole rings is 1. The predicted octanol–water partition coefficient (Wildman–Crippen LogP) is 4.44. The molecule has 0 aliphatic carbocycles. The van der Waals surface area contributed by atoms with Crippen molar-refractivity contribution >= 4 is 17.1 Å². The first-order valence-corrected chi connectivity index (χ1v) is 9.74. The maximum Gasteiger partial charge on any atom is 0.417 e. The first kappa shape index (κ1) is 21.4. The molecule has 0 saturated carbocycles. The fourth-order valence-corrected chi connectivity index (χ4v) is 3.44. The lowest BCUT2D eigenvalue weighted by Crippen LogP contribution is -2.27. The number of alkyl halides is 3. The largest absolute Gasteiger partial charge is 0.497 e. The van der Waals surface area contributed by atoms with Crippen LogP contribution in [0, 0.1) is 0 Å². The molecule has 0 aliphatic heterocycles. The second-order valence-electron chi connectivity index (χ2n) is 7.04. The standard InChI is InChI=1S/C23H19F3N4O2/c1-32-16-7-4-6-15(12-16)14-30-20(29-19-10-5-11-27-21(19)30)13-28-22(31)17-8-2-3-9-18(17)23(24,25)26/h2-12H,13-14H2,1H3,(H,28,31). The summed E-state index contributed by atoms with van der Waals surface area (Å²) in [6.07, 6.45) is -2.99. The van der Waals surface area contributed by atoms with Crippen LogP contribution in [0.4, 0.5) is 13.2 Å². The van der Waals surface area contributed by atoms with E-state index in [0.29, 0.717) is 29.3 Å². The Bertz CT molecular complexity index is 1270. The zero-order chi connectivity index (χ0) is 22.7. The number of nitrogens with one attached hydrogen (secondary N) is 1. The quantitative estimate of drug-likeness (QED) is 0.482. The van der Waals surface area contributed by atoms with Crippen LogP contribution in [0.1, 0.15) is 27.3 Å². The number of hydrogen-bond acceptors (Lipinski definition) is 4. The van der Waals surface area contributed by atoms with Gasteiger partial charge in [0.05, 0.1) is 31.3 Å². The third kappa shape index (κ3) is 4.41. The van der Waals surface area contributed by atoms with Gasteiger partial charge in [0.15, 0.2) is 5.65 Å². The van der Waals surface area contributed by atoms with Crippen molar-refractivity contribution in [2.45, 2.75) is 19.3 Å². The van der Waals surface area contributed by atoms with Crippen LogP contribution in [0.3, 0.4) is 0 Å². The van der Waals surface area contributed by atoms with Crippen molar-refractivity contribution in [2.75, 3.05) is 7.11 Å². The molecule has 2 aromatic carbocycles. The van der Waals surface area contributed by atoms with Gasteiger partial charge in [0, 0.05) is 6.20 Å². The number of ether oxygens (including phenoxy) is 1. The molecule has 0 spiro atoms. The van der Waals surface area contributed by atoms with Gasteiger partial charge in [-0.3, -0.25) is 4.79 Å². The van der Waals surface area contributed by atoms with Crippen molar-refractivity contribution in [3.05, 3.63) is 89.4 Å². The van der Waals surface area contributed by atoms with Gasteiger partial charge in [-0.25, -0.2) is 9.97 Å². The maximum atomic E-state index is 13.3. The van der Waals surface area contributed by atoms with E-state index in [2.05, 4.69) is 15.3 Å². The topological polar surface area (TPSA) is 69.0 Å². The van der Waals surface area contributed by atoms with Gasteiger partial charge >= 0.3 is 6.18 Å². The van der Waals surface area contributed by atoms with Gasteiger partial charge in [0.1, 0.15) is 17.1 Å². The van der Waals surface area contributed by atoms with Crippen LogP contribution in [-0.4, -0.2) is 27.6 Å². The molecule has 0 radical (unpaired) electrons. The average molecular weight is 440 g/mol. The van der Waals surface area contributed by atoms with E-state index >= 15 is 0 Å². The molecule has 9 heteroatoms. The fraction of sp³-hybridized carbons (Fsp3) is 0.174. The van der Waals surface area contributed by atoms with Gasteiger partial charge in [-0.05, 0) is 42.0 Å². The molecule has 0 bridgehead atoms. The molecule has 0 saturated heterocycles. The number of aromatic nitrogens is 3. The molecule has 32 heavy (non-hydrogen) atoms. The summed E-state index contributed by atoms with van der Waals surface area (Å²) in [5.74, 6) is 0.337. The van der Waals surface area contributed by atoms with Crippen molar-refractivity contribution in [3.8, 4) is 5.75 Å². The second-order valence-corrected chi connectivity index (χ2v) is 7.04. The van der Waals surface area contributed by atoms with Gasteiger partial charge < -0.3 is 14.6 Å². The Morgan fingerprint density at radius 2 is 1.91 bits per heavy atom. The normalized spacial score (nSPS) is 11.5. The molecule has 2 aromatic heterocycles. The van der Waals surface area contributed by atoms with E-state index in [1.165, 1.54) is 12.1 Å². The van der Waals surface area contributed by atoms with Crippen molar-refractivity contribution in [3.63, 3.8) is 0 Å². The van der Waals surface area contributed by atoms with Gasteiger partial charge in [-0.1, -0.05) is 24.3 Å². The summed E-state index contributed by atoms with van der Waals surface area (Å²) in [6, 6.07) is 15.7. The third-order valence-corrected chi connectivity index (χ3v) is 4.94. The number of pyridine rings is 1. The zero-order valence-corrected chi connectivity index (χ0v) is 17.1. The van der Waals surface area contributed by atoms with Crippen molar-refractivity contribution in [1.29, 1.82) is 0 Å². The Balaban J connectivity index is 1.63. The van der Waals surface area contributed by atoms with E-state index in [1.54, 1.807) is 25.4 Å². The summed E-state index contributed by atoms with van der Waals surface area (Å²) in [7, 11) is 1.58. The van der Waals surface area contributed by atoms with Gasteiger partial charge in [0.2, 0.25) is 0 Å². The first-order valence-electron chi connectivity index (χ1n) is 9.74. The number of fused-ring (bicyclic) bond motifs is 1. The van der Waals surface area contributed by atoms with Gasteiger partial charge in [-0.15, -0.1) is 0 Å². The van der Waals surface area contributed by atoms with Crippen LogP contribution in [0.2, 0.25) is 0 Å². The van der Waals surface area contributed by atoms with Crippen LogP contribution in [0.5, 0.6) is 5.75 Å². The Morgan fingerprint density at radius 1 is 1.09 bits per heavy atom. The van der Waals surface area contributed by atoms with Gasteiger partial charge in [-0.2, -0.15) is 13.2 Å². The fourth-order valence-electron chi connectivity index (χ4n) is 3.44. The van der Waals surface area contributed by atoms with E-state index in [9.17, 15) is 18.0 Å². The lowest BCUT2D eigenvalue weighted by Gasteiger charge is -2.13. The number of nitrogens with zero attached hydrogens (tertiary/aromatic N) is 3. The summed E-state index contributed by atoms with van der Waals surface area (Å²) >= 11 is 0. The highest BCUT2D eigenvalue weighted by atomic mass is 19.4. The Hall–Kier alpha value is -3.88. The summed E-state index contributed by atoms with van der Waals surface area (Å²) < 4.78 is 46.9. The summed E-state index contributed by atoms with van der Waals surface area (Å²) in [4.78, 5) is 21.5. The molecule has 0 fully saturated rings. The van der Waals surface area contributed by atoms with Crippen molar-refractivity contribution < 1.29 is 22.7 Å². The first-order chi connectivity index (χ1) is 15.4. The smallest absolute Gasteiger partial charge is 0.417 e. The number of carbonyl (C=O) groups excluding carboxylic acids is 1. The molecule has 6 nitrogen and oxygen atoms in total. The van der Waals surface area contributed by atoms with Crippen LogP contribution in [0.25, 0.3) is 11.2 Å². The monoisotopic (exact) mass is 440 g/mol. The molecule has 164 valence electrons. The highest BCUT2D eigenvalue weighted by Gasteiger charge is 2.34. The number of carbonyl (C=O) groups is 1.